The number of amides is 1. The summed E-state index contributed by atoms with van der Waals surface area (Å²) in [5, 5.41) is 12.0. The first kappa shape index (κ1) is 14.0. The Morgan fingerprint density at radius 1 is 1.37 bits per heavy atom. The molecule has 0 aromatic heterocycles. The Hall–Kier alpha value is -1.39. The normalized spacial score (nSPS) is 17.4. The number of nitrogens with one attached hydrogen (secondary N) is 1. The highest BCUT2D eigenvalue weighted by atomic mass is 16.3. The topological polar surface area (TPSA) is 52.6 Å². The zero-order chi connectivity index (χ0) is 13.7. The molecule has 0 saturated carbocycles. The van der Waals surface area contributed by atoms with Gasteiger partial charge in [0.25, 0.3) is 0 Å². The minimum atomic E-state index is 0.0387. The molecule has 4 heteroatoms. The molecule has 4 nitrogen and oxygen atoms in total. The SMILES string of the molecule is Cc1ccccc1NC(=O)CN1CCC(CO)CC1. The van der Waals surface area contributed by atoms with Gasteiger partial charge in [-0.25, -0.2) is 0 Å². The van der Waals surface area contributed by atoms with E-state index in [1.165, 1.54) is 0 Å². The van der Waals surface area contributed by atoms with E-state index in [1.807, 2.05) is 31.2 Å². The van der Waals surface area contributed by atoms with E-state index in [2.05, 4.69) is 10.2 Å². The molecule has 1 heterocycles. The van der Waals surface area contributed by atoms with Crippen molar-refractivity contribution in [2.24, 2.45) is 5.92 Å². The van der Waals surface area contributed by atoms with E-state index in [0.29, 0.717) is 12.5 Å². The van der Waals surface area contributed by atoms with Crippen molar-refractivity contribution in [2.75, 3.05) is 31.6 Å². The molecule has 0 atom stereocenters. The van der Waals surface area contributed by atoms with Gasteiger partial charge >= 0.3 is 0 Å². The van der Waals surface area contributed by atoms with Gasteiger partial charge in [-0.05, 0) is 50.4 Å². The van der Waals surface area contributed by atoms with Gasteiger partial charge in [0.05, 0.1) is 6.54 Å². The van der Waals surface area contributed by atoms with Crippen molar-refractivity contribution in [3.05, 3.63) is 29.8 Å². The Kier molecular flexibility index (Phi) is 4.93. The van der Waals surface area contributed by atoms with Crippen molar-refractivity contribution in [2.45, 2.75) is 19.8 Å². The Balaban J connectivity index is 1.81. The van der Waals surface area contributed by atoms with Crippen molar-refractivity contribution in [3.8, 4) is 0 Å². The lowest BCUT2D eigenvalue weighted by Gasteiger charge is -2.30. The molecule has 0 bridgehead atoms. The van der Waals surface area contributed by atoms with Crippen LogP contribution < -0.4 is 5.32 Å². The molecule has 2 rings (SSSR count). The molecule has 1 aliphatic rings. The average Bonchev–Trinajstić information content (AvgIpc) is 2.42. The van der Waals surface area contributed by atoms with Crippen LogP contribution in [0.5, 0.6) is 0 Å². The van der Waals surface area contributed by atoms with Crippen LogP contribution in [0.1, 0.15) is 18.4 Å². The first-order chi connectivity index (χ1) is 9.19. The van der Waals surface area contributed by atoms with Crippen LogP contribution in [0.4, 0.5) is 5.69 Å². The number of carbonyl (C=O) groups is 1. The van der Waals surface area contributed by atoms with Crippen LogP contribution >= 0.6 is 0 Å². The van der Waals surface area contributed by atoms with Gasteiger partial charge in [-0.3, -0.25) is 9.69 Å². The van der Waals surface area contributed by atoms with Crippen LogP contribution in [0.2, 0.25) is 0 Å². The van der Waals surface area contributed by atoms with Gasteiger partial charge in [0.2, 0.25) is 5.91 Å². The summed E-state index contributed by atoms with van der Waals surface area (Å²) in [4.78, 5) is 14.1. The smallest absolute Gasteiger partial charge is 0.238 e. The van der Waals surface area contributed by atoms with Crippen LogP contribution in [0.3, 0.4) is 0 Å². The summed E-state index contributed by atoms with van der Waals surface area (Å²) in [6.45, 7) is 4.48. The highest BCUT2D eigenvalue weighted by Crippen LogP contribution is 2.17. The molecule has 1 aromatic carbocycles. The van der Waals surface area contributed by atoms with Crippen LogP contribution in [-0.2, 0) is 4.79 Å². The number of hydrogen-bond donors (Lipinski definition) is 2. The molecule has 0 unspecified atom stereocenters. The lowest BCUT2D eigenvalue weighted by molar-refractivity contribution is -0.117. The fourth-order valence-electron chi connectivity index (χ4n) is 2.43. The number of nitrogens with zero attached hydrogens (tertiary/aromatic N) is 1. The van der Waals surface area contributed by atoms with E-state index in [-0.39, 0.29) is 12.5 Å². The van der Waals surface area contributed by atoms with Crippen LogP contribution in [0.15, 0.2) is 24.3 Å². The minimum Gasteiger partial charge on any atom is -0.396 e. The number of piperidine rings is 1. The van der Waals surface area contributed by atoms with Crippen LogP contribution in [0, 0.1) is 12.8 Å². The highest BCUT2D eigenvalue weighted by molar-refractivity contribution is 5.92. The number of aliphatic hydroxyl groups is 1. The van der Waals surface area contributed by atoms with E-state index in [0.717, 1.165) is 37.2 Å². The zero-order valence-corrected chi connectivity index (χ0v) is 11.4. The summed E-state index contributed by atoms with van der Waals surface area (Å²) >= 11 is 0. The molecule has 1 saturated heterocycles. The predicted molar refractivity (Wildman–Crippen MR) is 76.1 cm³/mol. The number of carbonyl (C=O) groups excluding carboxylic acids is 1. The molecule has 1 fully saturated rings. The summed E-state index contributed by atoms with van der Waals surface area (Å²) in [6, 6.07) is 7.80. The monoisotopic (exact) mass is 262 g/mol. The lowest BCUT2D eigenvalue weighted by atomic mass is 9.98. The maximum absolute atomic E-state index is 12.0. The van der Waals surface area contributed by atoms with Crippen LogP contribution in [0.25, 0.3) is 0 Å². The summed E-state index contributed by atoms with van der Waals surface area (Å²) in [6.07, 6.45) is 1.96. The van der Waals surface area contributed by atoms with Gasteiger partial charge in [-0.2, -0.15) is 0 Å². The molecule has 0 spiro atoms. The molecular formula is C15H22N2O2. The first-order valence-corrected chi connectivity index (χ1v) is 6.87. The molecular weight excluding hydrogens is 240 g/mol. The molecule has 19 heavy (non-hydrogen) atoms. The van der Waals surface area contributed by atoms with E-state index in [1.54, 1.807) is 0 Å². The third-order valence-electron chi connectivity index (χ3n) is 3.75. The average molecular weight is 262 g/mol. The molecule has 2 N–H and O–H groups in total. The standard InChI is InChI=1S/C15H22N2O2/c1-12-4-2-3-5-14(12)16-15(19)10-17-8-6-13(11-18)7-9-17/h2-5,13,18H,6-11H2,1H3,(H,16,19). The second-order valence-electron chi connectivity index (χ2n) is 5.27. The number of para-hydroxylation sites is 1. The van der Waals surface area contributed by atoms with Crippen molar-refractivity contribution < 1.29 is 9.90 Å². The minimum absolute atomic E-state index is 0.0387. The second-order valence-corrected chi connectivity index (χ2v) is 5.27. The third-order valence-corrected chi connectivity index (χ3v) is 3.75. The second kappa shape index (κ2) is 6.68. The van der Waals surface area contributed by atoms with Gasteiger partial charge in [0, 0.05) is 12.3 Å². The fraction of sp³-hybridized carbons (Fsp3) is 0.533. The maximum atomic E-state index is 12.0. The zero-order valence-electron chi connectivity index (χ0n) is 11.4. The van der Waals surface area contributed by atoms with E-state index < -0.39 is 0 Å². The van der Waals surface area contributed by atoms with Gasteiger partial charge in [-0.15, -0.1) is 0 Å². The number of likely N-dealkylation sites (tertiary alicyclic amines) is 1. The van der Waals surface area contributed by atoms with E-state index in [4.69, 9.17) is 5.11 Å². The largest absolute Gasteiger partial charge is 0.396 e. The number of rotatable bonds is 4. The van der Waals surface area contributed by atoms with Gasteiger partial charge in [-0.1, -0.05) is 18.2 Å². The summed E-state index contributed by atoms with van der Waals surface area (Å²) in [5.74, 6) is 0.451. The Labute approximate surface area is 114 Å². The van der Waals surface area contributed by atoms with Crippen molar-refractivity contribution in [1.29, 1.82) is 0 Å². The van der Waals surface area contributed by atoms with Gasteiger partial charge in [0.15, 0.2) is 0 Å². The molecule has 1 amide bonds. The number of aliphatic hydroxyl groups excluding tert-OH is 1. The van der Waals surface area contributed by atoms with Crippen molar-refractivity contribution in [3.63, 3.8) is 0 Å². The van der Waals surface area contributed by atoms with Gasteiger partial charge < -0.3 is 10.4 Å². The fourth-order valence-corrected chi connectivity index (χ4v) is 2.43. The molecule has 1 aliphatic heterocycles. The summed E-state index contributed by atoms with van der Waals surface area (Å²) in [5.41, 5.74) is 1.97. The van der Waals surface area contributed by atoms with E-state index in [9.17, 15) is 4.79 Å². The van der Waals surface area contributed by atoms with Crippen LogP contribution in [-0.4, -0.2) is 42.2 Å². The number of benzene rings is 1. The lowest BCUT2D eigenvalue weighted by Crippen LogP contribution is -2.39. The van der Waals surface area contributed by atoms with Gasteiger partial charge in [0.1, 0.15) is 0 Å². The van der Waals surface area contributed by atoms with E-state index >= 15 is 0 Å². The van der Waals surface area contributed by atoms with Crippen molar-refractivity contribution >= 4 is 11.6 Å². The molecule has 0 aliphatic carbocycles. The van der Waals surface area contributed by atoms with Crippen molar-refractivity contribution in [1.82, 2.24) is 4.90 Å². The number of aryl methyl sites for hydroxylation is 1. The Morgan fingerprint density at radius 3 is 2.68 bits per heavy atom. The molecule has 104 valence electrons. The maximum Gasteiger partial charge on any atom is 0.238 e. The molecule has 0 radical (unpaired) electrons. The Bertz CT molecular complexity index is 426. The quantitative estimate of drug-likeness (QED) is 0.867. The summed E-state index contributed by atoms with van der Waals surface area (Å²) in [7, 11) is 0. The Morgan fingerprint density at radius 2 is 2.05 bits per heavy atom. The first-order valence-electron chi connectivity index (χ1n) is 6.87. The molecule has 1 aromatic rings. The third kappa shape index (κ3) is 4.04. The predicted octanol–water partition coefficient (Wildman–Crippen LogP) is 1.64. The number of hydrogen-bond acceptors (Lipinski definition) is 3. The highest BCUT2D eigenvalue weighted by Gasteiger charge is 2.20. The summed E-state index contributed by atoms with van der Waals surface area (Å²) < 4.78 is 0. The number of anilines is 1.